The molecule has 0 aromatic heterocycles. The molecule has 0 radical (unpaired) electrons. The lowest BCUT2D eigenvalue weighted by Crippen LogP contribution is -2.35. The summed E-state index contributed by atoms with van der Waals surface area (Å²) in [6.07, 6.45) is 7.07. The second-order valence-electron chi connectivity index (χ2n) is 12.0. The zero-order valence-corrected chi connectivity index (χ0v) is 28.0. The Morgan fingerprint density at radius 1 is 0.578 bits per heavy atom. The van der Waals surface area contributed by atoms with Gasteiger partial charge in [0.25, 0.3) is 0 Å². The van der Waals surface area contributed by atoms with E-state index >= 15 is 0 Å². The Balaban J connectivity index is 0.000000214. The molecule has 3 aromatic carbocycles. The highest BCUT2D eigenvalue weighted by Gasteiger charge is 2.20. The van der Waals surface area contributed by atoms with Gasteiger partial charge in [-0.2, -0.15) is 0 Å². The average molecular weight is 622 g/mol. The molecular weight excluding hydrogens is 562 g/mol. The quantitative estimate of drug-likeness (QED) is 0.179. The molecule has 11 heteroatoms. The molecule has 0 aliphatic heterocycles. The molecular formula is C34H59N11. The van der Waals surface area contributed by atoms with E-state index < -0.39 is 0 Å². The van der Waals surface area contributed by atoms with Crippen LogP contribution in [0.2, 0.25) is 0 Å². The lowest BCUT2D eigenvalue weighted by atomic mass is 9.96. The van der Waals surface area contributed by atoms with Crippen molar-refractivity contribution in [2.75, 3.05) is 55.5 Å². The number of benzene rings is 3. The van der Waals surface area contributed by atoms with E-state index in [-0.39, 0.29) is 0 Å². The van der Waals surface area contributed by atoms with Crippen LogP contribution in [-0.4, -0.2) is 33.2 Å². The molecule has 3 aromatic rings. The van der Waals surface area contributed by atoms with Crippen LogP contribution in [0.5, 0.6) is 0 Å². The van der Waals surface area contributed by atoms with Crippen LogP contribution in [0.3, 0.4) is 0 Å². The Morgan fingerprint density at radius 2 is 1.00 bits per heavy atom. The van der Waals surface area contributed by atoms with Crippen molar-refractivity contribution >= 4 is 34.1 Å². The predicted octanol–water partition coefficient (Wildman–Crippen LogP) is 2.64. The van der Waals surface area contributed by atoms with Gasteiger partial charge in [-0.05, 0) is 130 Å². The average Bonchev–Trinajstić information content (AvgIpc) is 3.66. The monoisotopic (exact) mass is 621 g/mol. The fourth-order valence-corrected chi connectivity index (χ4v) is 5.69. The highest BCUT2D eigenvalue weighted by molar-refractivity contribution is 5.75. The van der Waals surface area contributed by atoms with Crippen LogP contribution < -0.4 is 61.8 Å². The Kier molecular flexibility index (Phi) is 15.2. The van der Waals surface area contributed by atoms with Crippen LogP contribution in [0.25, 0.3) is 0 Å². The normalized spacial score (nSPS) is 16.4. The second-order valence-corrected chi connectivity index (χ2v) is 12.0. The summed E-state index contributed by atoms with van der Waals surface area (Å²) >= 11 is 0. The van der Waals surface area contributed by atoms with E-state index in [0.717, 1.165) is 49.4 Å². The van der Waals surface area contributed by atoms with E-state index in [0.29, 0.717) is 34.8 Å². The van der Waals surface area contributed by atoms with Gasteiger partial charge in [-0.1, -0.05) is 12.5 Å². The summed E-state index contributed by atoms with van der Waals surface area (Å²) in [5.74, 6) is 0. The number of rotatable bonds is 6. The van der Waals surface area contributed by atoms with Crippen LogP contribution in [0.15, 0.2) is 30.3 Å². The van der Waals surface area contributed by atoms with E-state index in [1.54, 1.807) is 0 Å². The van der Waals surface area contributed by atoms with Gasteiger partial charge in [0.1, 0.15) is 0 Å². The van der Waals surface area contributed by atoms with Gasteiger partial charge >= 0.3 is 0 Å². The number of anilines is 6. The van der Waals surface area contributed by atoms with E-state index in [1.807, 2.05) is 51.5 Å². The Hall–Kier alpha value is -3.74. The number of hydrogen-bond acceptors (Lipinski definition) is 11. The summed E-state index contributed by atoms with van der Waals surface area (Å²) in [6.45, 7) is 6.60. The predicted molar refractivity (Wildman–Crippen MR) is 195 cm³/mol. The molecule has 0 amide bonds. The van der Waals surface area contributed by atoms with Crippen molar-refractivity contribution in [2.24, 2.45) is 11.5 Å². The summed E-state index contributed by atoms with van der Waals surface area (Å²) in [7, 11) is 5.72. The van der Waals surface area contributed by atoms with Gasteiger partial charge in [0.2, 0.25) is 0 Å². The van der Waals surface area contributed by atoms with Crippen LogP contribution in [0, 0.1) is 13.8 Å². The fraction of sp³-hybridized carbons (Fsp3) is 0.471. The minimum atomic E-state index is 0.292. The van der Waals surface area contributed by atoms with Crippen molar-refractivity contribution in [3.63, 3.8) is 0 Å². The first-order valence-corrected chi connectivity index (χ1v) is 15.8. The molecule has 2 aliphatic carbocycles. The molecule has 0 heterocycles. The number of hydrogen-bond donors (Lipinski definition) is 11. The van der Waals surface area contributed by atoms with Gasteiger partial charge < -0.3 is 61.8 Å². The molecule has 45 heavy (non-hydrogen) atoms. The highest BCUT2D eigenvalue weighted by atomic mass is 14.8. The highest BCUT2D eigenvalue weighted by Crippen LogP contribution is 2.36. The third-order valence-corrected chi connectivity index (χ3v) is 8.52. The molecule has 0 saturated heterocycles. The first-order chi connectivity index (χ1) is 21.4. The standard InChI is InChI=1S/C11H16N2.C10H18N4.C8H13N3.C5H12N2/c1-6-8-4-3-5-9(8)7(2)11(13)10(6)12;1-13-5-7-3-9(11)10(12)4-8(7)6-14-2;1-11-5-6-2-3-7(9)8(10)4-6;6-4-2-1-3-5(4)7/h3-5,12-13H2,1-2H3;3-4,13-14H,5-6,11-12H2,1-2H3;2-4,11H,5,9-10H2,1H3;4-5H,1-3,6-7H2. The lowest BCUT2D eigenvalue weighted by Gasteiger charge is -2.14. The first kappa shape index (κ1) is 37.4. The van der Waals surface area contributed by atoms with Gasteiger partial charge in [-0.3, -0.25) is 0 Å². The minimum Gasteiger partial charge on any atom is -0.397 e. The smallest absolute Gasteiger partial charge is 0.0583 e. The van der Waals surface area contributed by atoms with Crippen molar-refractivity contribution in [1.82, 2.24) is 16.0 Å². The van der Waals surface area contributed by atoms with Gasteiger partial charge in [0.05, 0.1) is 34.1 Å². The van der Waals surface area contributed by atoms with Gasteiger partial charge in [0, 0.05) is 31.7 Å². The molecule has 250 valence electrons. The van der Waals surface area contributed by atoms with E-state index in [2.05, 4.69) is 29.8 Å². The first-order valence-electron chi connectivity index (χ1n) is 15.8. The van der Waals surface area contributed by atoms with Crippen molar-refractivity contribution in [1.29, 1.82) is 0 Å². The molecule has 2 atom stereocenters. The zero-order valence-electron chi connectivity index (χ0n) is 28.0. The van der Waals surface area contributed by atoms with Crippen LogP contribution in [0.1, 0.15) is 64.6 Å². The van der Waals surface area contributed by atoms with Crippen molar-refractivity contribution < 1.29 is 0 Å². The molecule has 2 aliphatic rings. The maximum absolute atomic E-state index is 5.93. The maximum Gasteiger partial charge on any atom is 0.0583 e. The van der Waals surface area contributed by atoms with Crippen molar-refractivity contribution in [2.45, 2.75) is 84.1 Å². The van der Waals surface area contributed by atoms with Crippen LogP contribution in [-0.2, 0) is 32.5 Å². The number of nitrogens with two attached hydrogens (primary N) is 8. The van der Waals surface area contributed by atoms with Crippen molar-refractivity contribution in [3.8, 4) is 0 Å². The largest absolute Gasteiger partial charge is 0.397 e. The Labute approximate surface area is 270 Å². The second kappa shape index (κ2) is 18.3. The Bertz CT molecular complexity index is 1300. The summed E-state index contributed by atoms with van der Waals surface area (Å²) in [5, 5.41) is 9.24. The molecule has 11 nitrogen and oxygen atoms in total. The van der Waals surface area contributed by atoms with Crippen molar-refractivity contribution in [3.05, 3.63) is 69.3 Å². The lowest BCUT2D eigenvalue weighted by molar-refractivity contribution is 0.603. The van der Waals surface area contributed by atoms with Crippen LogP contribution in [0.4, 0.5) is 34.1 Å². The van der Waals surface area contributed by atoms with E-state index in [1.165, 1.54) is 59.1 Å². The third-order valence-electron chi connectivity index (χ3n) is 8.52. The van der Waals surface area contributed by atoms with Gasteiger partial charge in [0.15, 0.2) is 0 Å². The molecule has 1 saturated carbocycles. The number of nitrogens with one attached hydrogen (secondary N) is 3. The summed E-state index contributed by atoms with van der Waals surface area (Å²) in [4.78, 5) is 0. The van der Waals surface area contributed by atoms with Gasteiger partial charge in [-0.15, -0.1) is 0 Å². The molecule has 19 N–H and O–H groups in total. The zero-order chi connectivity index (χ0) is 33.7. The minimum absolute atomic E-state index is 0.292. The molecule has 2 unspecified atom stereocenters. The number of fused-ring (bicyclic) bond motifs is 1. The topological polar surface area (TPSA) is 244 Å². The summed E-state index contributed by atoms with van der Waals surface area (Å²) < 4.78 is 0. The fourth-order valence-electron chi connectivity index (χ4n) is 5.69. The van der Waals surface area contributed by atoms with E-state index in [9.17, 15) is 0 Å². The SMILES string of the molecule is CNCc1cc(N)c(N)cc1CNC.CNCc1ccc(N)c(N)c1.Cc1c(N)c(N)c(C)c2c1CCC2.NC1CCCC1N. The van der Waals surface area contributed by atoms with Gasteiger partial charge in [-0.25, -0.2) is 0 Å². The maximum atomic E-state index is 5.93. The molecule has 0 spiro atoms. The molecule has 0 bridgehead atoms. The Morgan fingerprint density at radius 3 is 1.36 bits per heavy atom. The summed E-state index contributed by atoms with van der Waals surface area (Å²) in [5.41, 5.74) is 58.6. The van der Waals surface area contributed by atoms with E-state index in [4.69, 9.17) is 45.9 Å². The third kappa shape index (κ3) is 10.7. The summed E-state index contributed by atoms with van der Waals surface area (Å²) in [6, 6.07) is 10.1. The molecule has 5 rings (SSSR count). The number of nitrogen functional groups attached to an aromatic ring is 6. The molecule has 1 fully saturated rings. The van der Waals surface area contributed by atoms with Crippen LogP contribution >= 0.6 is 0 Å².